The Morgan fingerprint density at radius 3 is 2.32 bits per heavy atom. The second kappa shape index (κ2) is 11.5. The van der Waals surface area contributed by atoms with Crippen molar-refractivity contribution in [2.75, 3.05) is 17.1 Å². The van der Waals surface area contributed by atoms with E-state index in [0.717, 1.165) is 18.2 Å². The van der Waals surface area contributed by atoms with Crippen molar-refractivity contribution in [3.8, 4) is 5.75 Å². The third kappa shape index (κ3) is 6.88. The summed E-state index contributed by atoms with van der Waals surface area (Å²) >= 11 is 11.7. The van der Waals surface area contributed by atoms with Crippen molar-refractivity contribution < 1.29 is 32.4 Å². The van der Waals surface area contributed by atoms with Gasteiger partial charge in [-0.2, -0.15) is 0 Å². The zero-order chi connectivity index (χ0) is 27.3. The van der Waals surface area contributed by atoms with Gasteiger partial charge in [-0.3, -0.25) is 19.6 Å². The van der Waals surface area contributed by atoms with Gasteiger partial charge in [-0.1, -0.05) is 23.2 Å². The molecule has 0 bridgehead atoms. The lowest BCUT2D eigenvalue weighted by atomic mass is 10.2. The minimum absolute atomic E-state index is 0.0464. The molecule has 0 unspecified atom stereocenters. The molecule has 3 aromatic carbocycles. The molecule has 11 nitrogen and oxygen atoms in total. The van der Waals surface area contributed by atoms with Crippen LogP contribution in [-0.2, 0) is 19.6 Å². The molecule has 0 spiro atoms. The van der Waals surface area contributed by atoms with Crippen LogP contribution in [0.3, 0.4) is 0 Å². The van der Waals surface area contributed by atoms with Crippen LogP contribution in [0, 0.1) is 10.1 Å². The molecule has 1 amide bonds. The fourth-order valence-electron chi connectivity index (χ4n) is 2.98. The second-order valence-corrected chi connectivity index (χ2v) is 9.96. The predicted octanol–water partition coefficient (Wildman–Crippen LogP) is 4.90. The number of benzene rings is 3. The molecule has 0 saturated carbocycles. The summed E-state index contributed by atoms with van der Waals surface area (Å²) in [5.41, 5.74) is -0.141. The summed E-state index contributed by atoms with van der Waals surface area (Å²) < 4.78 is 37.8. The van der Waals surface area contributed by atoms with Crippen molar-refractivity contribution >= 4 is 62.2 Å². The number of hydrogen-bond acceptors (Lipinski definition) is 8. The summed E-state index contributed by atoms with van der Waals surface area (Å²) in [7, 11) is -2.77. The Morgan fingerprint density at radius 2 is 1.70 bits per heavy atom. The van der Waals surface area contributed by atoms with Crippen molar-refractivity contribution in [3.05, 3.63) is 86.4 Å². The van der Waals surface area contributed by atoms with E-state index in [1.807, 2.05) is 0 Å². The Labute approximate surface area is 221 Å². The Morgan fingerprint density at radius 1 is 1.03 bits per heavy atom. The standard InChI is InChI=1S/C23H19Cl2N3O8S/c1-13(22(29)26-19-11-15(24)5-10-21(19)35-2)36-23(30)14-3-6-16(7-4-14)27-37(33,34)17-8-9-18(25)20(12-17)28(31)32/h3-13,27H,1-2H3,(H,26,29)/t13-/m1/s1. The van der Waals surface area contributed by atoms with Gasteiger partial charge in [0.2, 0.25) is 0 Å². The highest BCUT2D eigenvalue weighted by molar-refractivity contribution is 7.92. The summed E-state index contributed by atoms with van der Waals surface area (Å²) in [5.74, 6) is -1.10. The van der Waals surface area contributed by atoms with E-state index in [2.05, 4.69) is 10.0 Å². The van der Waals surface area contributed by atoms with Crippen LogP contribution in [-0.4, -0.2) is 38.4 Å². The first-order valence-electron chi connectivity index (χ1n) is 10.3. The van der Waals surface area contributed by atoms with E-state index in [1.54, 1.807) is 12.1 Å². The van der Waals surface area contributed by atoms with E-state index in [-0.39, 0.29) is 21.2 Å². The van der Waals surface area contributed by atoms with E-state index < -0.39 is 38.6 Å². The number of nitro groups is 1. The molecule has 194 valence electrons. The lowest BCUT2D eigenvalue weighted by Crippen LogP contribution is -2.30. The Bertz CT molecular complexity index is 1460. The number of hydrogen-bond donors (Lipinski definition) is 2. The van der Waals surface area contributed by atoms with Gasteiger partial charge >= 0.3 is 5.97 Å². The highest BCUT2D eigenvalue weighted by Gasteiger charge is 2.22. The van der Waals surface area contributed by atoms with Crippen LogP contribution < -0.4 is 14.8 Å². The summed E-state index contributed by atoms with van der Waals surface area (Å²) in [6, 6.07) is 12.9. The van der Waals surface area contributed by atoms with E-state index in [9.17, 15) is 28.1 Å². The highest BCUT2D eigenvalue weighted by Crippen LogP contribution is 2.29. The maximum Gasteiger partial charge on any atom is 0.338 e. The predicted molar refractivity (Wildman–Crippen MR) is 137 cm³/mol. The lowest BCUT2D eigenvalue weighted by Gasteiger charge is -2.15. The maximum absolute atomic E-state index is 12.6. The minimum Gasteiger partial charge on any atom is -0.495 e. The molecule has 0 fully saturated rings. The quantitative estimate of drug-likeness (QED) is 0.210. The van der Waals surface area contributed by atoms with Gasteiger partial charge in [0, 0.05) is 16.8 Å². The van der Waals surface area contributed by atoms with Gasteiger partial charge < -0.3 is 14.8 Å². The van der Waals surface area contributed by atoms with Gasteiger partial charge in [-0.15, -0.1) is 0 Å². The SMILES string of the molecule is COc1ccc(Cl)cc1NC(=O)[C@@H](C)OC(=O)c1ccc(NS(=O)(=O)c2ccc(Cl)c([N+](=O)[O-])c2)cc1. The number of rotatable bonds is 9. The van der Waals surface area contributed by atoms with Gasteiger partial charge in [0.15, 0.2) is 6.10 Å². The molecule has 0 aliphatic rings. The number of nitrogens with one attached hydrogen (secondary N) is 2. The topological polar surface area (TPSA) is 154 Å². The molecule has 2 N–H and O–H groups in total. The number of ether oxygens (including phenoxy) is 2. The molecule has 0 aromatic heterocycles. The molecule has 1 atom stereocenters. The first-order valence-corrected chi connectivity index (χ1v) is 12.6. The van der Waals surface area contributed by atoms with Gasteiger partial charge in [-0.25, -0.2) is 13.2 Å². The Hall–Kier alpha value is -3.87. The largest absolute Gasteiger partial charge is 0.495 e. The number of anilines is 2. The number of carbonyl (C=O) groups excluding carboxylic acids is 2. The summed E-state index contributed by atoms with van der Waals surface area (Å²) in [6.45, 7) is 1.37. The zero-order valence-electron chi connectivity index (χ0n) is 19.2. The fourth-order valence-corrected chi connectivity index (χ4v) is 4.42. The van der Waals surface area contributed by atoms with Crippen molar-refractivity contribution in [1.29, 1.82) is 0 Å². The van der Waals surface area contributed by atoms with E-state index in [0.29, 0.717) is 16.5 Å². The van der Waals surface area contributed by atoms with Crippen molar-refractivity contribution in [1.82, 2.24) is 0 Å². The van der Waals surface area contributed by atoms with Gasteiger partial charge in [0.25, 0.3) is 21.6 Å². The number of nitrogens with zero attached hydrogens (tertiary/aromatic N) is 1. The molecule has 37 heavy (non-hydrogen) atoms. The normalized spacial score (nSPS) is 11.8. The molecule has 0 aliphatic carbocycles. The first-order chi connectivity index (χ1) is 17.4. The zero-order valence-corrected chi connectivity index (χ0v) is 21.6. The molecule has 3 aromatic rings. The van der Waals surface area contributed by atoms with Crippen LogP contribution in [0.1, 0.15) is 17.3 Å². The third-order valence-corrected chi connectivity index (χ3v) is 6.80. The summed E-state index contributed by atoms with van der Waals surface area (Å²) in [5, 5.41) is 13.8. The molecule has 0 aliphatic heterocycles. The Balaban J connectivity index is 1.66. The lowest BCUT2D eigenvalue weighted by molar-refractivity contribution is -0.384. The fraction of sp³-hybridized carbons (Fsp3) is 0.130. The molecular formula is C23H19Cl2N3O8S. The smallest absolute Gasteiger partial charge is 0.338 e. The van der Waals surface area contributed by atoms with Crippen LogP contribution in [0.25, 0.3) is 0 Å². The van der Waals surface area contributed by atoms with Crippen LogP contribution in [0.5, 0.6) is 5.75 Å². The van der Waals surface area contributed by atoms with Gasteiger partial charge in [0.1, 0.15) is 10.8 Å². The monoisotopic (exact) mass is 567 g/mol. The molecule has 0 saturated heterocycles. The number of nitro benzene ring substituents is 1. The Kier molecular flexibility index (Phi) is 8.58. The minimum atomic E-state index is -4.19. The number of esters is 1. The number of sulfonamides is 1. The van der Waals surface area contributed by atoms with E-state index in [1.165, 1.54) is 44.4 Å². The number of methoxy groups -OCH3 is 1. The molecule has 0 radical (unpaired) electrons. The van der Waals surface area contributed by atoms with E-state index >= 15 is 0 Å². The van der Waals surface area contributed by atoms with Crippen LogP contribution in [0.2, 0.25) is 10.0 Å². The highest BCUT2D eigenvalue weighted by atomic mass is 35.5. The average molecular weight is 568 g/mol. The number of amides is 1. The van der Waals surface area contributed by atoms with Crippen LogP contribution in [0.4, 0.5) is 17.1 Å². The molecule has 0 heterocycles. The molecule has 3 rings (SSSR count). The number of carbonyl (C=O) groups is 2. The van der Waals surface area contributed by atoms with Crippen molar-refractivity contribution in [2.45, 2.75) is 17.9 Å². The number of halogens is 2. The van der Waals surface area contributed by atoms with Crippen molar-refractivity contribution in [3.63, 3.8) is 0 Å². The van der Waals surface area contributed by atoms with Gasteiger partial charge in [-0.05, 0) is 61.5 Å². The molecular weight excluding hydrogens is 549 g/mol. The van der Waals surface area contributed by atoms with Crippen molar-refractivity contribution in [2.24, 2.45) is 0 Å². The average Bonchev–Trinajstić information content (AvgIpc) is 2.84. The second-order valence-electron chi connectivity index (χ2n) is 7.43. The van der Waals surface area contributed by atoms with Gasteiger partial charge in [0.05, 0.1) is 28.2 Å². The van der Waals surface area contributed by atoms with Crippen LogP contribution in [0.15, 0.2) is 65.6 Å². The van der Waals surface area contributed by atoms with E-state index in [4.69, 9.17) is 32.7 Å². The third-order valence-electron chi connectivity index (χ3n) is 4.87. The summed E-state index contributed by atoms with van der Waals surface area (Å²) in [4.78, 5) is 34.8. The maximum atomic E-state index is 12.6. The first kappa shape index (κ1) is 27.7. The molecule has 14 heteroatoms. The summed E-state index contributed by atoms with van der Waals surface area (Å²) in [6.07, 6.45) is -1.19. The van der Waals surface area contributed by atoms with Crippen LogP contribution >= 0.6 is 23.2 Å².